The number of carboxylic acid groups (broad SMARTS) is 1. The second-order valence-corrected chi connectivity index (χ2v) is 3.09. The number of rotatable bonds is 5. The van der Waals surface area contributed by atoms with Gasteiger partial charge in [-0.3, -0.25) is 4.79 Å². The number of hydrogen-bond donors (Lipinski definition) is 2. The number of carboxylic acids is 1. The Morgan fingerprint density at radius 2 is 2.17 bits per heavy atom. The topological polar surface area (TPSA) is 66.8 Å². The molecule has 4 heteroatoms. The van der Waals surface area contributed by atoms with Gasteiger partial charge in [-0.05, 0) is 13.3 Å². The fourth-order valence-electron chi connectivity index (χ4n) is 1.27. The molecule has 0 saturated heterocycles. The third-order valence-corrected chi connectivity index (χ3v) is 1.89. The van der Waals surface area contributed by atoms with E-state index in [9.17, 15) is 9.90 Å². The Hall–Kier alpha value is -0.610. The Balaban J connectivity index is 4.36. The van der Waals surface area contributed by atoms with Crippen LogP contribution in [-0.2, 0) is 9.53 Å². The molecule has 72 valence electrons. The van der Waals surface area contributed by atoms with Gasteiger partial charge in [-0.1, -0.05) is 6.92 Å². The summed E-state index contributed by atoms with van der Waals surface area (Å²) < 4.78 is 4.73. The Morgan fingerprint density at radius 3 is 2.42 bits per heavy atom. The fraction of sp³-hybridized carbons (Fsp3) is 0.875. The molecule has 0 rings (SSSR count). The smallest absolute Gasteiger partial charge is 0.309 e. The molecule has 0 aromatic heterocycles. The average Bonchev–Trinajstić information content (AvgIpc) is 1.86. The van der Waals surface area contributed by atoms with Gasteiger partial charge >= 0.3 is 5.97 Å². The van der Waals surface area contributed by atoms with Gasteiger partial charge in [0.2, 0.25) is 0 Å². The van der Waals surface area contributed by atoms with Crippen LogP contribution in [0.3, 0.4) is 0 Å². The molecule has 0 bridgehead atoms. The summed E-state index contributed by atoms with van der Waals surface area (Å²) in [6, 6.07) is 0. The Labute approximate surface area is 72.2 Å². The first-order valence-corrected chi connectivity index (χ1v) is 3.89. The lowest BCUT2D eigenvalue weighted by molar-refractivity contribution is -0.155. The van der Waals surface area contributed by atoms with Crippen LogP contribution >= 0.6 is 0 Å². The zero-order valence-electron chi connectivity index (χ0n) is 7.70. The number of ether oxygens (including phenoxy) is 1. The molecule has 0 radical (unpaired) electrons. The monoisotopic (exact) mass is 176 g/mol. The summed E-state index contributed by atoms with van der Waals surface area (Å²) in [4.78, 5) is 10.6. The predicted octanol–water partition coefficient (Wildman–Crippen LogP) is 0.495. The van der Waals surface area contributed by atoms with Crippen molar-refractivity contribution in [3.05, 3.63) is 0 Å². The van der Waals surface area contributed by atoms with E-state index >= 15 is 0 Å². The van der Waals surface area contributed by atoms with Gasteiger partial charge < -0.3 is 14.9 Å². The van der Waals surface area contributed by atoms with Gasteiger partial charge in [-0.25, -0.2) is 0 Å². The number of carbonyl (C=O) groups is 1. The van der Waals surface area contributed by atoms with Crippen LogP contribution in [0.4, 0.5) is 0 Å². The highest BCUT2D eigenvalue weighted by molar-refractivity contribution is 5.71. The fourth-order valence-corrected chi connectivity index (χ4v) is 1.27. The lowest BCUT2D eigenvalue weighted by Crippen LogP contribution is -2.43. The van der Waals surface area contributed by atoms with E-state index in [4.69, 9.17) is 9.84 Å². The molecule has 0 aliphatic rings. The maximum atomic E-state index is 10.6. The van der Waals surface area contributed by atoms with E-state index in [0.29, 0.717) is 6.42 Å². The largest absolute Gasteiger partial charge is 0.481 e. The van der Waals surface area contributed by atoms with Crippen molar-refractivity contribution >= 4 is 5.97 Å². The first kappa shape index (κ1) is 11.4. The van der Waals surface area contributed by atoms with E-state index in [1.54, 1.807) is 6.92 Å². The van der Waals surface area contributed by atoms with Crippen molar-refractivity contribution in [1.29, 1.82) is 0 Å². The van der Waals surface area contributed by atoms with Crippen LogP contribution in [0.2, 0.25) is 0 Å². The maximum Gasteiger partial charge on any atom is 0.309 e. The van der Waals surface area contributed by atoms with Crippen LogP contribution < -0.4 is 0 Å². The standard InChI is InChI=1S/C8H16O4/c1-4-6(7(9)10)8(2,11)5-12-3/h6,11H,4-5H2,1-3H3,(H,9,10). The van der Waals surface area contributed by atoms with Crippen LogP contribution in [0.25, 0.3) is 0 Å². The number of methoxy groups -OCH3 is 1. The Bertz CT molecular complexity index is 153. The van der Waals surface area contributed by atoms with E-state index in [-0.39, 0.29) is 6.61 Å². The highest BCUT2D eigenvalue weighted by Crippen LogP contribution is 2.20. The molecule has 0 fully saturated rings. The third kappa shape index (κ3) is 2.79. The van der Waals surface area contributed by atoms with Crippen LogP contribution in [-0.4, -0.2) is 35.5 Å². The normalized spacial score (nSPS) is 18.3. The van der Waals surface area contributed by atoms with Crippen LogP contribution in [0.5, 0.6) is 0 Å². The van der Waals surface area contributed by atoms with Crippen molar-refractivity contribution in [2.75, 3.05) is 13.7 Å². The number of aliphatic carboxylic acids is 1. The highest BCUT2D eigenvalue weighted by atomic mass is 16.5. The minimum absolute atomic E-state index is 0.0395. The van der Waals surface area contributed by atoms with Gasteiger partial charge in [0.05, 0.1) is 18.1 Å². The molecular formula is C8H16O4. The van der Waals surface area contributed by atoms with Crippen LogP contribution in [0.15, 0.2) is 0 Å². The second-order valence-electron chi connectivity index (χ2n) is 3.09. The summed E-state index contributed by atoms with van der Waals surface area (Å²) >= 11 is 0. The molecule has 0 heterocycles. The van der Waals surface area contributed by atoms with Crippen molar-refractivity contribution < 1.29 is 19.7 Å². The van der Waals surface area contributed by atoms with Crippen molar-refractivity contribution in [3.63, 3.8) is 0 Å². The molecule has 2 atom stereocenters. The van der Waals surface area contributed by atoms with Crippen molar-refractivity contribution in [3.8, 4) is 0 Å². The zero-order chi connectivity index (χ0) is 9.78. The van der Waals surface area contributed by atoms with Crippen molar-refractivity contribution in [2.24, 2.45) is 5.92 Å². The molecule has 0 aromatic rings. The summed E-state index contributed by atoms with van der Waals surface area (Å²) in [7, 11) is 1.43. The van der Waals surface area contributed by atoms with Gasteiger partial charge in [0, 0.05) is 7.11 Å². The molecule has 0 spiro atoms. The lowest BCUT2D eigenvalue weighted by atomic mass is 9.88. The minimum atomic E-state index is -1.28. The lowest BCUT2D eigenvalue weighted by Gasteiger charge is -2.28. The maximum absolute atomic E-state index is 10.6. The summed E-state index contributed by atoms with van der Waals surface area (Å²) in [6.07, 6.45) is 0.395. The molecule has 0 amide bonds. The highest BCUT2D eigenvalue weighted by Gasteiger charge is 2.35. The summed E-state index contributed by atoms with van der Waals surface area (Å²) in [6.45, 7) is 3.24. The van der Waals surface area contributed by atoms with E-state index < -0.39 is 17.5 Å². The van der Waals surface area contributed by atoms with Gasteiger partial charge in [0.15, 0.2) is 0 Å². The quantitative estimate of drug-likeness (QED) is 0.640. The van der Waals surface area contributed by atoms with E-state index in [1.165, 1.54) is 14.0 Å². The van der Waals surface area contributed by atoms with Crippen molar-refractivity contribution in [2.45, 2.75) is 25.9 Å². The average molecular weight is 176 g/mol. The predicted molar refractivity (Wildman–Crippen MR) is 43.9 cm³/mol. The molecule has 2 unspecified atom stereocenters. The van der Waals surface area contributed by atoms with Gasteiger partial charge in [-0.15, -0.1) is 0 Å². The summed E-state index contributed by atoms with van der Waals surface area (Å²) in [5, 5.41) is 18.4. The van der Waals surface area contributed by atoms with Crippen molar-refractivity contribution in [1.82, 2.24) is 0 Å². The zero-order valence-corrected chi connectivity index (χ0v) is 7.70. The molecule has 0 aliphatic heterocycles. The Kier molecular flexibility index (Phi) is 4.20. The number of aliphatic hydroxyl groups is 1. The number of hydrogen-bond acceptors (Lipinski definition) is 3. The summed E-state index contributed by atoms with van der Waals surface area (Å²) in [5.74, 6) is -1.75. The molecule has 2 N–H and O–H groups in total. The molecule has 0 saturated carbocycles. The van der Waals surface area contributed by atoms with E-state index in [0.717, 1.165) is 0 Å². The molecule has 0 aliphatic carbocycles. The minimum Gasteiger partial charge on any atom is -0.481 e. The SMILES string of the molecule is CCC(C(=O)O)C(C)(O)COC. The summed E-state index contributed by atoms with van der Waals surface area (Å²) in [5.41, 5.74) is -1.28. The first-order chi connectivity index (χ1) is 5.45. The van der Waals surface area contributed by atoms with Gasteiger partial charge in [-0.2, -0.15) is 0 Å². The van der Waals surface area contributed by atoms with Gasteiger partial charge in [0.25, 0.3) is 0 Å². The van der Waals surface area contributed by atoms with E-state index in [2.05, 4.69) is 0 Å². The molecular weight excluding hydrogens is 160 g/mol. The van der Waals surface area contributed by atoms with E-state index in [1.807, 2.05) is 0 Å². The Morgan fingerprint density at radius 1 is 1.67 bits per heavy atom. The van der Waals surface area contributed by atoms with Crippen LogP contribution in [0, 0.1) is 5.92 Å². The first-order valence-electron chi connectivity index (χ1n) is 3.89. The molecule has 4 nitrogen and oxygen atoms in total. The molecule has 12 heavy (non-hydrogen) atoms. The third-order valence-electron chi connectivity index (χ3n) is 1.89. The molecule has 0 aromatic carbocycles. The van der Waals surface area contributed by atoms with Crippen LogP contribution in [0.1, 0.15) is 20.3 Å². The second kappa shape index (κ2) is 4.42. The van der Waals surface area contributed by atoms with Gasteiger partial charge in [0.1, 0.15) is 0 Å².